The first kappa shape index (κ1) is 14.5. The van der Waals surface area contributed by atoms with Crippen molar-refractivity contribution in [2.75, 3.05) is 39.4 Å². The molecule has 5 heteroatoms. The van der Waals surface area contributed by atoms with E-state index in [9.17, 15) is 4.79 Å². The molecule has 5 nitrogen and oxygen atoms in total. The Labute approximate surface area is 107 Å². The molecular formula is C13H19NO4. The molecule has 0 heterocycles. The third-order valence-corrected chi connectivity index (χ3v) is 2.29. The maximum Gasteiger partial charge on any atom is 0.250 e. The number of anilines is 1. The van der Waals surface area contributed by atoms with Crippen molar-refractivity contribution in [1.29, 1.82) is 0 Å². The number of hydrogen-bond donors (Lipinski definition) is 1. The number of carbonyl (C=O) groups excluding carboxylic acids is 1. The van der Waals surface area contributed by atoms with Crippen molar-refractivity contribution in [1.82, 2.24) is 0 Å². The van der Waals surface area contributed by atoms with Gasteiger partial charge in [0, 0.05) is 7.11 Å². The summed E-state index contributed by atoms with van der Waals surface area (Å²) in [6.07, 6.45) is 0. The number of rotatable bonds is 7. The Kier molecular flexibility index (Phi) is 6.18. The van der Waals surface area contributed by atoms with Crippen LogP contribution in [0.1, 0.15) is 5.56 Å². The molecule has 0 saturated carbocycles. The van der Waals surface area contributed by atoms with Crippen LogP contribution in [0.15, 0.2) is 18.2 Å². The van der Waals surface area contributed by atoms with E-state index in [4.69, 9.17) is 14.2 Å². The summed E-state index contributed by atoms with van der Waals surface area (Å²) in [4.78, 5) is 11.6. The van der Waals surface area contributed by atoms with Crippen molar-refractivity contribution in [3.05, 3.63) is 23.8 Å². The van der Waals surface area contributed by atoms with Gasteiger partial charge in [0.05, 0.1) is 26.0 Å². The molecule has 0 aromatic heterocycles. The summed E-state index contributed by atoms with van der Waals surface area (Å²) in [7, 11) is 3.15. The quantitative estimate of drug-likeness (QED) is 0.750. The summed E-state index contributed by atoms with van der Waals surface area (Å²) in [5.41, 5.74) is 1.70. The molecule has 0 saturated heterocycles. The average molecular weight is 253 g/mol. The topological polar surface area (TPSA) is 56.8 Å². The first-order valence-electron chi connectivity index (χ1n) is 5.68. The highest BCUT2D eigenvalue weighted by molar-refractivity contribution is 5.93. The fourth-order valence-electron chi connectivity index (χ4n) is 1.41. The molecule has 1 aromatic carbocycles. The SMILES string of the molecule is COCCOCC(=O)Nc1cc(C)ccc1OC. The lowest BCUT2D eigenvalue weighted by molar-refractivity contribution is -0.121. The van der Waals surface area contributed by atoms with Gasteiger partial charge in [0.1, 0.15) is 12.4 Å². The Bertz CT molecular complexity index is 393. The maximum atomic E-state index is 11.6. The Morgan fingerprint density at radius 1 is 1.28 bits per heavy atom. The zero-order valence-corrected chi connectivity index (χ0v) is 11.0. The first-order chi connectivity index (χ1) is 8.67. The van der Waals surface area contributed by atoms with Gasteiger partial charge in [-0.1, -0.05) is 6.07 Å². The molecule has 0 aliphatic carbocycles. The molecule has 100 valence electrons. The van der Waals surface area contributed by atoms with Crippen molar-refractivity contribution in [2.45, 2.75) is 6.92 Å². The molecule has 0 bridgehead atoms. The lowest BCUT2D eigenvalue weighted by atomic mass is 10.2. The second-order valence-corrected chi connectivity index (χ2v) is 3.80. The molecule has 0 aliphatic rings. The molecule has 1 amide bonds. The number of methoxy groups -OCH3 is 2. The van der Waals surface area contributed by atoms with Crippen molar-refractivity contribution < 1.29 is 19.0 Å². The molecule has 0 unspecified atom stereocenters. The monoisotopic (exact) mass is 253 g/mol. The minimum Gasteiger partial charge on any atom is -0.495 e. The molecule has 18 heavy (non-hydrogen) atoms. The lowest BCUT2D eigenvalue weighted by Gasteiger charge is -2.11. The van der Waals surface area contributed by atoms with Gasteiger partial charge in [-0.25, -0.2) is 0 Å². The summed E-state index contributed by atoms with van der Waals surface area (Å²) in [6.45, 7) is 2.82. The van der Waals surface area contributed by atoms with Crippen LogP contribution in [0.2, 0.25) is 0 Å². The van der Waals surface area contributed by atoms with Crippen LogP contribution < -0.4 is 10.1 Å². The molecule has 0 fully saturated rings. The Balaban J connectivity index is 2.50. The van der Waals surface area contributed by atoms with Crippen LogP contribution in [0.4, 0.5) is 5.69 Å². The number of aryl methyl sites for hydroxylation is 1. The number of nitrogens with one attached hydrogen (secondary N) is 1. The van der Waals surface area contributed by atoms with E-state index in [2.05, 4.69) is 5.32 Å². The van der Waals surface area contributed by atoms with E-state index in [1.54, 1.807) is 14.2 Å². The van der Waals surface area contributed by atoms with Crippen molar-refractivity contribution in [3.8, 4) is 5.75 Å². The number of ether oxygens (including phenoxy) is 3. The standard InChI is InChI=1S/C13H19NO4/c1-10-4-5-12(17-3)11(8-10)14-13(15)9-18-7-6-16-2/h4-5,8H,6-7,9H2,1-3H3,(H,14,15). The van der Waals surface area contributed by atoms with Crippen molar-refractivity contribution >= 4 is 11.6 Å². The Morgan fingerprint density at radius 2 is 2.06 bits per heavy atom. The van der Waals surface area contributed by atoms with Crippen LogP contribution in [0.25, 0.3) is 0 Å². The van der Waals surface area contributed by atoms with Gasteiger partial charge >= 0.3 is 0 Å². The number of benzene rings is 1. The summed E-state index contributed by atoms with van der Waals surface area (Å²) < 4.78 is 15.1. The van der Waals surface area contributed by atoms with E-state index in [-0.39, 0.29) is 12.5 Å². The Hall–Kier alpha value is -1.59. The highest BCUT2D eigenvalue weighted by Crippen LogP contribution is 2.24. The third-order valence-electron chi connectivity index (χ3n) is 2.29. The van der Waals surface area contributed by atoms with Gasteiger partial charge in [-0.2, -0.15) is 0 Å². The van der Waals surface area contributed by atoms with Gasteiger partial charge in [0.25, 0.3) is 0 Å². The van der Waals surface area contributed by atoms with Crippen LogP contribution in [0.5, 0.6) is 5.75 Å². The van der Waals surface area contributed by atoms with Crippen LogP contribution in [0.3, 0.4) is 0 Å². The first-order valence-corrected chi connectivity index (χ1v) is 5.68. The fraction of sp³-hybridized carbons (Fsp3) is 0.462. The third kappa shape index (κ3) is 4.73. The van der Waals surface area contributed by atoms with E-state index in [1.807, 2.05) is 25.1 Å². The normalized spacial score (nSPS) is 10.2. The Morgan fingerprint density at radius 3 is 2.72 bits per heavy atom. The van der Waals surface area contributed by atoms with Crippen LogP contribution >= 0.6 is 0 Å². The van der Waals surface area contributed by atoms with Crippen molar-refractivity contribution in [3.63, 3.8) is 0 Å². The maximum absolute atomic E-state index is 11.6. The van der Waals surface area contributed by atoms with Crippen LogP contribution in [0, 0.1) is 6.92 Å². The second kappa shape index (κ2) is 7.68. The van der Waals surface area contributed by atoms with Gasteiger partial charge in [-0.3, -0.25) is 4.79 Å². The van der Waals surface area contributed by atoms with Crippen LogP contribution in [-0.2, 0) is 14.3 Å². The van der Waals surface area contributed by atoms with E-state index in [0.29, 0.717) is 24.7 Å². The van der Waals surface area contributed by atoms with E-state index in [1.165, 1.54) is 0 Å². The highest BCUT2D eigenvalue weighted by Gasteiger charge is 2.07. The van der Waals surface area contributed by atoms with Gasteiger partial charge in [-0.05, 0) is 24.6 Å². The minimum absolute atomic E-state index is 0.000453. The van der Waals surface area contributed by atoms with Crippen LogP contribution in [-0.4, -0.2) is 39.9 Å². The molecule has 0 atom stereocenters. The van der Waals surface area contributed by atoms with Gasteiger partial charge in [-0.15, -0.1) is 0 Å². The number of amides is 1. The van der Waals surface area contributed by atoms with Gasteiger partial charge < -0.3 is 19.5 Å². The minimum atomic E-state index is -0.213. The molecule has 1 aromatic rings. The lowest BCUT2D eigenvalue weighted by Crippen LogP contribution is -2.20. The zero-order chi connectivity index (χ0) is 13.4. The molecular weight excluding hydrogens is 234 g/mol. The number of hydrogen-bond acceptors (Lipinski definition) is 4. The predicted molar refractivity (Wildman–Crippen MR) is 69.1 cm³/mol. The molecule has 0 radical (unpaired) electrons. The van der Waals surface area contributed by atoms with Crippen molar-refractivity contribution in [2.24, 2.45) is 0 Å². The highest BCUT2D eigenvalue weighted by atomic mass is 16.5. The molecule has 0 spiro atoms. The second-order valence-electron chi connectivity index (χ2n) is 3.80. The summed E-state index contributed by atoms with van der Waals surface area (Å²) in [5.74, 6) is 0.417. The van der Waals surface area contributed by atoms with E-state index < -0.39 is 0 Å². The smallest absolute Gasteiger partial charge is 0.250 e. The summed E-state index contributed by atoms with van der Waals surface area (Å²) in [6, 6.07) is 5.59. The number of carbonyl (C=O) groups is 1. The molecule has 1 N–H and O–H groups in total. The molecule has 0 aliphatic heterocycles. The van der Waals surface area contributed by atoms with Gasteiger partial charge in [0.15, 0.2) is 0 Å². The summed E-state index contributed by atoms with van der Waals surface area (Å²) in [5, 5.41) is 2.75. The largest absolute Gasteiger partial charge is 0.495 e. The predicted octanol–water partition coefficient (Wildman–Crippen LogP) is 1.61. The zero-order valence-electron chi connectivity index (χ0n) is 11.0. The van der Waals surface area contributed by atoms with Gasteiger partial charge in [0.2, 0.25) is 5.91 Å². The van der Waals surface area contributed by atoms with E-state index in [0.717, 1.165) is 5.56 Å². The van der Waals surface area contributed by atoms with E-state index >= 15 is 0 Å². The fourth-order valence-corrected chi connectivity index (χ4v) is 1.41. The average Bonchev–Trinajstić information content (AvgIpc) is 2.35. The molecule has 1 rings (SSSR count). The summed E-state index contributed by atoms with van der Waals surface area (Å²) >= 11 is 0.